The second kappa shape index (κ2) is 9.58. The highest BCUT2D eigenvalue weighted by atomic mass is 16.5. The number of para-hydroxylation sites is 1. The fraction of sp³-hybridized carbons (Fsp3) is 0.0833. The van der Waals surface area contributed by atoms with E-state index in [1.54, 1.807) is 0 Å². The first-order valence-corrected chi connectivity index (χ1v) is 13.5. The molecule has 1 aliphatic heterocycles. The molecule has 0 bridgehead atoms. The van der Waals surface area contributed by atoms with Crippen molar-refractivity contribution in [3.05, 3.63) is 139 Å². The molecule has 4 heteroatoms. The molecule has 192 valence electrons. The fourth-order valence-electron chi connectivity index (χ4n) is 5.37. The first-order valence-electron chi connectivity index (χ1n) is 13.5. The standard InChI is InChI=1S/C36H27N3O/c1-36(2)29-15-9-10-16-31(29)40-32-22-21-28(23-30(32)36)35-38-33(26-13-7-4-8-14-26)37-34(39-35)27-19-17-25(18-20-27)24-11-5-3-6-12-24/h3-23H,1-2H3. The third-order valence-corrected chi connectivity index (χ3v) is 7.61. The Morgan fingerprint density at radius 3 is 1.55 bits per heavy atom. The molecule has 1 aromatic heterocycles. The van der Waals surface area contributed by atoms with Gasteiger partial charge in [-0.3, -0.25) is 0 Å². The third kappa shape index (κ3) is 4.24. The van der Waals surface area contributed by atoms with Gasteiger partial charge in [0.15, 0.2) is 17.5 Å². The van der Waals surface area contributed by atoms with Gasteiger partial charge in [-0.1, -0.05) is 117 Å². The van der Waals surface area contributed by atoms with E-state index in [1.807, 2.05) is 60.7 Å². The van der Waals surface area contributed by atoms with Crippen molar-refractivity contribution in [3.8, 4) is 56.8 Å². The van der Waals surface area contributed by atoms with E-state index in [2.05, 4.69) is 80.6 Å². The summed E-state index contributed by atoms with van der Waals surface area (Å²) in [6, 6.07) is 43.3. The van der Waals surface area contributed by atoms with Crippen LogP contribution in [0.1, 0.15) is 25.0 Å². The second-order valence-corrected chi connectivity index (χ2v) is 10.5. The van der Waals surface area contributed by atoms with Crippen LogP contribution in [0.4, 0.5) is 0 Å². The van der Waals surface area contributed by atoms with Gasteiger partial charge in [-0.2, -0.15) is 0 Å². The maximum absolute atomic E-state index is 6.28. The maximum Gasteiger partial charge on any atom is 0.164 e. The quantitative estimate of drug-likeness (QED) is 0.234. The Hall–Kier alpha value is -5.09. The summed E-state index contributed by atoms with van der Waals surface area (Å²) in [5.74, 6) is 3.68. The molecule has 7 rings (SSSR count). The van der Waals surface area contributed by atoms with Crippen LogP contribution >= 0.6 is 0 Å². The summed E-state index contributed by atoms with van der Waals surface area (Å²) in [6.07, 6.45) is 0. The summed E-state index contributed by atoms with van der Waals surface area (Å²) in [6.45, 7) is 4.47. The average molecular weight is 518 g/mol. The molecular weight excluding hydrogens is 490 g/mol. The molecule has 0 atom stereocenters. The monoisotopic (exact) mass is 517 g/mol. The maximum atomic E-state index is 6.28. The molecule has 0 amide bonds. The van der Waals surface area contributed by atoms with Crippen molar-refractivity contribution in [2.24, 2.45) is 0 Å². The SMILES string of the molecule is CC1(C)c2ccccc2Oc2ccc(-c3nc(-c4ccccc4)nc(-c4ccc(-c5ccccc5)cc4)n3)cc21. The van der Waals surface area contributed by atoms with Gasteiger partial charge < -0.3 is 4.74 Å². The van der Waals surface area contributed by atoms with E-state index in [9.17, 15) is 0 Å². The van der Waals surface area contributed by atoms with Gasteiger partial charge in [-0.25, -0.2) is 15.0 Å². The summed E-state index contributed by atoms with van der Waals surface area (Å²) in [7, 11) is 0. The highest BCUT2D eigenvalue weighted by Gasteiger charge is 2.34. The van der Waals surface area contributed by atoms with Crippen LogP contribution in [-0.4, -0.2) is 15.0 Å². The van der Waals surface area contributed by atoms with Crippen molar-refractivity contribution in [1.82, 2.24) is 15.0 Å². The first kappa shape index (κ1) is 24.0. The van der Waals surface area contributed by atoms with Crippen LogP contribution < -0.4 is 4.74 Å². The van der Waals surface area contributed by atoms with Crippen LogP contribution in [0, 0.1) is 0 Å². The zero-order chi connectivity index (χ0) is 27.1. The lowest BCUT2D eigenvalue weighted by Gasteiger charge is -2.34. The van der Waals surface area contributed by atoms with Gasteiger partial charge in [0.25, 0.3) is 0 Å². The van der Waals surface area contributed by atoms with E-state index in [0.717, 1.165) is 39.3 Å². The van der Waals surface area contributed by atoms with E-state index >= 15 is 0 Å². The Bertz CT molecular complexity index is 1830. The Morgan fingerprint density at radius 2 is 0.875 bits per heavy atom. The normalized spacial score (nSPS) is 13.2. The van der Waals surface area contributed by atoms with Crippen LogP contribution in [0.5, 0.6) is 11.5 Å². The number of ether oxygens (including phenoxy) is 1. The minimum Gasteiger partial charge on any atom is -0.457 e. The number of aromatic nitrogens is 3. The van der Waals surface area contributed by atoms with Gasteiger partial charge in [-0.15, -0.1) is 0 Å². The smallest absolute Gasteiger partial charge is 0.164 e. The lowest BCUT2D eigenvalue weighted by Crippen LogP contribution is -2.24. The molecule has 4 nitrogen and oxygen atoms in total. The zero-order valence-corrected chi connectivity index (χ0v) is 22.4. The van der Waals surface area contributed by atoms with E-state index in [1.165, 1.54) is 11.1 Å². The Kier molecular flexibility index (Phi) is 5.75. The lowest BCUT2D eigenvalue weighted by atomic mass is 9.75. The van der Waals surface area contributed by atoms with Gasteiger partial charge in [-0.05, 0) is 35.4 Å². The summed E-state index contributed by atoms with van der Waals surface area (Å²) in [5.41, 5.74) is 7.19. The minimum absolute atomic E-state index is 0.231. The van der Waals surface area contributed by atoms with Crippen LogP contribution in [-0.2, 0) is 5.41 Å². The molecule has 5 aromatic carbocycles. The van der Waals surface area contributed by atoms with Crippen LogP contribution in [0.3, 0.4) is 0 Å². The van der Waals surface area contributed by atoms with Crippen LogP contribution in [0.25, 0.3) is 45.3 Å². The largest absolute Gasteiger partial charge is 0.457 e. The summed E-state index contributed by atoms with van der Waals surface area (Å²) in [5, 5.41) is 0. The molecule has 0 N–H and O–H groups in total. The molecule has 0 radical (unpaired) electrons. The zero-order valence-electron chi connectivity index (χ0n) is 22.4. The van der Waals surface area contributed by atoms with Gasteiger partial charge in [0.05, 0.1) is 0 Å². The molecule has 0 saturated carbocycles. The number of rotatable bonds is 4. The highest BCUT2D eigenvalue weighted by molar-refractivity contribution is 5.71. The molecule has 0 saturated heterocycles. The van der Waals surface area contributed by atoms with E-state index < -0.39 is 0 Å². The Morgan fingerprint density at radius 1 is 0.425 bits per heavy atom. The van der Waals surface area contributed by atoms with Gasteiger partial charge >= 0.3 is 0 Å². The third-order valence-electron chi connectivity index (χ3n) is 7.61. The van der Waals surface area contributed by atoms with Gasteiger partial charge in [0.1, 0.15) is 11.5 Å². The molecule has 0 aliphatic carbocycles. The number of hydrogen-bond acceptors (Lipinski definition) is 4. The van der Waals surface area contributed by atoms with Crippen LogP contribution in [0.2, 0.25) is 0 Å². The lowest BCUT2D eigenvalue weighted by molar-refractivity contribution is 0.418. The Balaban J connectivity index is 1.34. The molecule has 6 aromatic rings. The second-order valence-electron chi connectivity index (χ2n) is 10.5. The summed E-state index contributed by atoms with van der Waals surface area (Å²) < 4.78 is 6.28. The Labute approximate surface area is 234 Å². The molecule has 1 aliphatic rings. The minimum atomic E-state index is -0.231. The molecule has 0 unspecified atom stereocenters. The van der Waals surface area contributed by atoms with Crippen LogP contribution in [0.15, 0.2) is 127 Å². The predicted octanol–water partition coefficient (Wildman–Crippen LogP) is 8.97. The van der Waals surface area contributed by atoms with E-state index in [0.29, 0.717) is 17.5 Å². The predicted molar refractivity (Wildman–Crippen MR) is 160 cm³/mol. The summed E-state index contributed by atoms with van der Waals surface area (Å²) >= 11 is 0. The molecule has 2 heterocycles. The van der Waals surface area contributed by atoms with Crippen molar-refractivity contribution in [2.45, 2.75) is 19.3 Å². The number of benzene rings is 5. The van der Waals surface area contributed by atoms with Crippen molar-refractivity contribution in [1.29, 1.82) is 0 Å². The van der Waals surface area contributed by atoms with Crippen molar-refractivity contribution < 1.29 is 4.74 Å². The number of fused-ring (bicyclic) bond motifs is 2. The topological polar surface area (TPSA) is 47.9 Å². The molecular formula is C36H27N3O. The molecule has 40 heavy (non-hydrogen) atoms. The summed E-state index contributed by atoms with van der Waals surface area (Å²) in [4.78, 5) is 14.8. The highest BCUT2D eigenvalue weighted by Crippen LogP contribution is 2.48. The van der Waals surface area contributed by atoms with Crippen molar-refractivity contribution in [3.63, 3.8) is 0 Å². The number of nitrogens with zero attached hydrogens (tertiary/aromatic N) is 3. The van der Waals surface area contributed by atoms with Crippen molar-refractivity contribution in [2.75, 3.05) is 0 Å². The van der Waals surface area contributed by atoms with Gasteiger partial charge in [0.2, 0.25) is 0 Å². The fourth-order valence-corrected chi connectivity index (χ4v) is 5.37. The van der Waals surface area contributed by atoms with Gasteiger partial charge in [0, 0.05) is 33.2 Å². The molecule has 0 spiro atoms. The first-order chi connectivity index (χ1) is 19.6. The van der Waals surface area contributed by atoms with E-state index in [4.69, 9.17) is 19.7 Å². The average Bonchev–Trinajstić information content (AvgIpc) is 3.02. The van der Waals surface area contributed by atoms with Crippen molar-refractivity contribution >= 4 is 0 Å². The number of hydrogen-bond donors (Lipinski definition) is 0. The van der Waals surface area contributed by atoms with E-state index in [-0.39, 0.29) is 5.41 Å². The molecule has 0 fully saturated rings.